The monoisotopic (exact) mass is 572 g/mol. The highest BCUT2D eigenvalue weighted by molar-refractivity contribution is 7.98. The summed E-state index contributed by atoms with van der Waals surface area (Å²) in [4.78, 5) is 13.8. The third kappa shape index (κ3) is 6.65. The number of carbonyl (C=O) groups is 1. The molecule has 0 saturated carbocycles. The molecule has 2 aromatic carbocycles. The Morgan fingerprint density at radius 1 is 1.18 bits per heavy atom. The number of anilines is 1. The number of thioether (sulfide) groups is 1. The van der Waals surface area contributed by atoms with Crippen molar-refractivity contribution in [3.63, 3.8) is 0 Å². The van der Waals surface area contributed by atoms with E-state index in [0.717, 1.165) is 25.0 Å². The minimum Gasteiger partial charge on any atom is -0.461 e. The lowest BCUT2D eigenvalue weighted by Gasteiger charge is -2.29. The van der Waals surface area contributed by atoms with Gasteiger partial charge in [-0.1, -0.05) is 25.8 Å². The average Bonchev–Trinajstić information content (AvgIpc) is 2.96. The summed E-state index contributed by atoms with van der Waals surface area (Å²) in [6, 6.07) is 6.10. The lowest BCUT2D eigenvalue weighted by Crippen LogP contribution is -2.41. The number of benzene rings is 2. The molecule has 1 aliphatic rings. The number of halogens is 3. The predicted octanol–water partition coefficient (Wildman–Crippen LogP) is 5.64. The van der Waals surface area contributed by atoms with Crippen molar-refractivity contribution in [1.29, 1.82) is 0 Å². The summed E-state index contributed by atoms with van der Waals surface area (Å²) in [5, 5.41) is 0. The van der Waals surface area contributed by atoms with Gasteiger partial charge in [-0.05, 0) is 43.4 Å². The summed E-state index contributed by atoms with van der Waals surface area (Å²) in [6.45, 7) is 3.96. The molecule has 0 N–H and O–H groups in total. The molecule has 208 valence electrons. The molecule has 1 heterocycles. The highest BCUT2D eigenvalue weighted by Crippen LogP contribution is 2.41. The molecule has 3 rings (SSSR count). The molecule has 38 heavy (non-hydrogen) atoms. The van der Waals surface area contributed by atoms with Crippen molar-refractivity contribution in [3.05, 3.63) is 59.6 Å². The first-order valence-electron chi connectivity index (χ1n) is 12.1. The average molecular weight is 573 g/mol. The van der Waals surface area contributed by atoms with Gasteiger partial charge in [0.05, 0.1) is 17.2 Å². The maximum absolute atomic E-state index is 14.1. The van der Waals surface area contributed by atoms with Gasteiger partial charge < -0.3 is 14.4 Å². The van der Waals surface area contributed by atoms with Crippen molar-refractivity contribution in [2.75, 3.05) is 31.4 Å². The van der Waals surface area contributed by atoms with Crippen molar-refractivity contribution >= 4 is 33.4 Å². The molecule has 0 aromatic heterocycles. The summed E-state index contributed by atoms with van der Waals surface area (Å²) < 4.78 is 80.5. The molecule has 0 aliphatic carbocycles. The van der Waals surface area contributed by atoms with Crippen LogP contribution in [-0.4, -0.2) is 51.2 Å². The fourth-order valence-electron chi connectivity index (χ4n) is 4.14. The molecule has 0 amide bonds. The van der Waals surface area contributed by atoms with Crippen molar-refractivity contribution in [2.45, 2.75) is 55.5 Å². The predicted molar refractivity (Wildman–Crippen MR) is 140 cm³/mol. The molecule has 0 bridgehead atoms. The Morgan fingerprint density at radius 3 is 2.55 bits per heavy atom. The Morgan fingerprint density at radius 2 is 1.92 bits per heavy atom. The number of nitrogens with zero attached hydrogens (tertiary/aromatic N) is 2. The van der Waals surface area contributed by atoms with Crippen molar-refractivity contribution in [3.8, 4) is 5.75 Å². The van der Waals surface area contributed by atoms with Crippen LogP contribution in [0.4, 0.5) is 18.9 Å². The van der Waals surface area contributed by atoms with Gasteiger partial charge in [0.2, 0.25) is 15.9 Å². The second-order valence-corrected chi connectivity index (χ2v) is 11.5. The first kappa shape index (κ1) is 29.9. The number of esters is 1. The SMILES string of the molecule is CCCCC1CN(Cc2ccc(F)c(F)c2)c2cc(SC)c(O/C=C(\F)C(=O)OCC)cc2S(=O)(=O)N1C. The number of fused-ring (bicyclic) bond motifs is 1. The Hall–Kier alpha value is -2.70. The van der Waals surface area contributed by atoms with E-state index in [2.05, 4.69) is 4.74 Å². The molecule has 0 saturated heterocycles. The highest BCUT2D eigenvalue weighted by atomic mass is 32.2. The molecule has 12 heteroatoms. The number of hydrogen-bond donors (Lipinski definition) is 0. The van der Waals surface area contributed by atoms with Crippen LogP contribution in [0.3, 0.4) is 0 Å². The largest absolute Gasteiger partial charge is 0.461 e. The minimum absolute atomic E-state index is 0.0213. The summed E-state index contributed by atoms with van der Waals surface area (Å²) in [7, 11) is -2.52. The van der Waals surface area contributed by atoms with E-state index >= 15 is 0 Å². The third-order valence-electron chi connectivity index (χ3n) is 6.20. The second-order valence-electron chi connectivity index (χ2n) is 8.72. The van der Waals surface area contributed by atoms with Crippen LogP contribution in [0.25, 0.3) is 0 Å². The summed E-state index contributed by atoms with van der Waals surface area (Å²) >= 11 is 1.24. The number of sulfonamides is 1. The molecule has 0 fully saturated rings. The second kappa shape index (κ2) is 12.9. The smallest absolute Gasteiger partial charge is 0.370 e. The van der Waals surface area contributed by atoms with E-state index in [9.17, 15) is 26.4 Å². The lowest BCUT2D eigenvalue weighted by atomic mass is 10.1. The molecular formula is C26H31F3N2O5S2. The van der Waals surface area contributed by atoms with Gasteiger partial charge in [0.15, 0.2) is 11.6 Å². The number of carbonyl (C=O) groups excluding carboxylic acids is 1. The zero-order chi connectivity index (χ0) is 28.0. The van der Waals surface area contributed by atoms with Gasteiger partial charge in [-0.15, -0.1) is 11.8 Å². The van der Waals surface area contributed by atoms with Crippen molar-refractivity contribution in [2.24, 2.45) is 0 Å². The maximum Gasteiger partial charge on any atom is 0.370 e. The zero-order valence-corrected chi connectivity index (χ0v) is 23.3. The van der Waals surface area contributed by atoms with Gasteiger partial charge in [0.1, 0.15) is 16.9 Å². The van der Waals surface area contributed by atoms with Crippen LogP contribution < -0.4 is 9.64 Å². The number of hydrogen-bond acceptors (Lipinski definition) is 7. The summed E-state index contributed by atoms with van der Waals surface area (Å²) in [5.41, 5.74) is 0.823. The Balaban J connectivity index is 2.13. The van der Waals surface area contributed by atoms with E-state index in [4.69, 9.17) is 4.74 Å². The Labute approximate surface area is 225 Å². The Bertz CT molecular complexity index is 1300. The fraction of sp³-hybridized carbons (Fsp3) is 0.423. The van der Waals surface area contributed by atoms with Crippen LogP contribution in [0.1, 0.15) is 38.7 Å². The quantitative estimate of drug-likeness (QED) is 0.158. The first-order valence-corrected chi connectivity index (χ1v) is 14.8. The van der Waals surface area contributed by atoms with Crippen LogP contribution in [0.2, 0.25) is 0 Å². The maximum atomic E-state index is 14.1. The normalized spacial score (nSPS) is 17.6. The van der Waals surface area contributed by atoms with Gasteiger partial charge >= 0.3 is 5.97 Å². The van der Waals surface area contributed by atoms with Crippen LogP contribution in [0.5, 0.6) is 5.75 Å². The van der Waals surface area contributed by atoms with E-state index in [1.807, 2.05) is 11.8 Å². The summed E-state index contributed by atoms with van der Waals surface area (Å²) in [6.07, 6.45) is 4.58. The minimum atomic E-state index is -4.03. The van der Waals surface area contributed by atoms with E-state index < -0.39 is 33.5 Å². The molecule has 0 spiro atoms. The zero-order valence-electron chi connectivity index (χ0n) is 21.7. The van der Waals surface area contributed by atoms with Crippen LogP contribution in [0.15, 0.2) is 52.2 Å². The Kier molecular flexibility index (Phi) is 10.1. The standard InChI is InChI=1S/C26H31F3N2O5S2/c1-5-7-8-18-15-31(14-17-9-10-19(27)20(28)11-17)22-12-24(37-4)23(13-25(22)38(33,34)30(18)3)36-16-21(29)26(32)35-6-2/h9-13,16,18H,5-8,14-15H2,1-4H3/b21-16-. The van der Waals surface area contributed by atoms with Crippen LogP contribution >= 0.6 is 11.8 Å². The molecule has 1 atom stereocenters. The lowest BCUT2D eigenvalue weighted by molar-refractivity contribution is -0.140. The molecular weight excluding hydrogens is 541 g/mol. The van der Waals surface area contributed by atoms with Crippen molar-refractivity contribution < 1.29 is 35.9 Å². The first-order chi connectivity index (χ1) is 18.0. The van der Waals surface area contributed by atoms with Crippen LogP contribution in [-0.2, 0) is 26.1 Å². The number of rotatable bonds is 10. The molecule has 7 nitrogen and oxygen atoms in total. The third-order valence-corrected chi connectivity index (χ3v) is 8.89. The van der Waals surface area contributed by atoms with Crippen molar-refractivity contribution in [1.82, 2.24) is 4.31 Å². The number of likely N-dealkylation sites (N-methyl/N-ethyl adjacent to an activating group) is 1. The van der Waals surface area contributed by atoms with Gasteiger partial charge in [-0.25, -0.2) is 22.0 Å². The van der Waals surface area contributed by atoms with Gasteiger partial charge in [-0.3, -0.25) is 0 Å². The topological polar surface area (TPSA) is 76.1 Å². The molecule has 2 aromatic rings. The summed E-state index contributed by atoms with van der Waals surface area (Å²) in [5.74, 6) is -4.39. The van der Waals surface area contributed by atoms with Gasteiger partial charge in [0, 0.05) is 32.2 Å². The molecule has 0 radical (unpaired) electrons. The van der Waals surface area contributed by atoms with E-state index in [-0.39, 0.29) is 29.8 Å². The van der Waals surface area contributed by atoms with E-state index in [0.29, 0.717) is 35.4 Å². The highest BCUT2D eigenvalue weighted by Gasteiger charge is 2.37. The fourth-order valence-corrected chi connectivity index (χ4v) is 6.26. The van der Waals surface area contributed by atoms with Crippen LogP contribution in [0, 0.1) is 11.6 Å². The van der Waals surface area contributed by atoms with Gasteiger partial charge in [0.25, 0.3) is 0 Å². The molecule has 1 unspecified atom stereocenters. The van der Waals surface area contributed by atoms with E-state index in [1.54, 1.807) is 12.3 Å². The van der Waals surface area contributed by atoms with Gasteiger partial charge in [-0.2, -0.15) is 8.70 Å². The van der Waals surface area contributed by atoms with E-state index in [1.165, 1.54) is 42.2 Å². The molecule has 1 aliphatic heterocycles. The number of unbranched alkanes of at least 4 members (excludes halogenated alkanes) is 1. The number of ether oxygens (including phenoxy) is 2.